The summed E-state index contributed by atoms with van der Waals surface area (Å²) in [7, 11) is 0. The molecule has 76 valence electrons. The molecule has 0 saturated carbocycles. The van der Waals surface area contributed by atoms with Crippen LogP contribution in [0.2, 0.25) is 0 Å². The third kappa shape index (κ3) is 1.66. The summed E-state index contributed by atoms with van der Waals surface area (Å²) in [5.74, 6) is 0.0451. The molecule has 0 aliphatic rings. The number of benzene rings is 1. The molecule has 0 spiro atoms. The Labute approximate surface area is 86.8 Å². The largest absolute Gasteiger partial charge is 0.382 e. The van der Waals surface area contributed by atoms with Crippen LogP contribution in [0, 0.1) is 12.7 Å². The summed E-state index contributed by atoms with van der Waals surface area (Å²) in [5, 5.41) is 0. The molecule has 1 aromatic heterocycles. The van der Waals surface area contributed by atoms with Gasteiger partial charge in [-0.15, -0.1) is 0 Å². The highest BCUT2D eigenvalue weighted by Crippen LogP contribution is 2.25. The number of aromatic nitrogens is 2. The summed E-state index contributed by atoms with van der Waals surface area (Å²) in [5.41, 5.74) is 7.41. The van der Waals surface area contributed by atoms with Crippen LogP contribution in [0.4, 0.5) is 10.2 Å². The van der Waals surface area contributed by atoms with E-state index in [9.17, 15) is 4.39 Å². The summed E-state index contributed by atoms with van der Waals surface area (Å²) in [6, 6.07) is 4.82. The lowest BCUT2D eigenvalue weighted by molar-refractivity contribution is 0.619. The number of hydrogen-bond acceptors (Lipinski definition) is 3. The molecule has 0 unspecified atom stereocenters. The Bertz CT molecular complexity index is 497. The van der Waals surface area contributed by atoms with E-state index in [4.69, 9.17) is 5.73 Å². The van der Waals surface area contributed by atoms with Crippen molar-refractivity contribution in [3.05, 3.63) is 42.0 Å². The second-order valence-corrected chi connectivity index (χ2v) is 3.20. The molecule has 0 aliphatic carbocycles. The first-order valence-corrected chi connectivity index (χ1v) is 4.52. The minimum atomic E-state index is -0.266. The first-order chi connectivity index (χ1) is 7.20. The smallest absolute Gasteiger partial charge is 0.149 e. The van der Waals surface area contributed by atoms with Gasteiger partial charge in [-0.25, -0.2) is 9.37 Å². The molecule has 0 atom stereocenters. The zero-order chi connectivity index (χ0) is 10.8. The Hall–Kier alpha value is -1.97. The summed E-state index contributed by atoms with van der Waals surface area (Å²) in [6.45, 7) is 1.69. The molecule has 1 aromatic carbocycles. The Morgan fingerprint density at radius 3 is 2.67 bits per heavy atom. The van der Waals surface area contributed by atoms with Gasteiger partial charge in [0.05, 0.1) is 0 Å². The van der Waals surface area contributed by atoms with Gasteiger partial charge < -0.3 is 5.73 Å². The molecule has 0 bridgehead atoms. The van der Waals surface area contributed by atoms with Crippen molar-refractivity contribution in [3.8, 4) is 11.3 Å². The molecule has 2 rings (SSSR count). The molecule has 2 N–H and O–H groups in total. The van der Waals surface area contributed by atoms with Gasteiger partial charge in [0.1, 0.15) is 17.3 Å². The van der Waals surface area contributed by atoms with Gasteiger partial charge >= 0.3 is 0 Å². The second kappa shape index (κ2) is 3.65. The van der Waals surface area contributed by atoms with Gasteiger partial charge in [-0.3, -0.25) is 4.98 Å². The van der Waals surface area contributed by atoms with Crippen molar-refractivity contribution in [3.63, 3.8) is 0 Å². The Balaban J connectivity index is 2.65. The van der Waals surface area contributed by atoms with Gasteiger partial charge in [0.25, 0.3) is 0 Å². The molecule has 2 aromatic rings. The maximum absolute atomic E-state index is 13.3. The predicted molar refractivity (Wildman–Crippen MR) is 56.6 cm³/mol. The number of nitrogens with two attached hydrogens (primary N) is 1. The summed E-state index contributed by atoms with van der Waals surface area (Å²) in [4.78, 5) is 8.02. The van der Waals surface area contributed by atoms with Crippen molar-refractivity contribution in [2.75, 3.05) is 5.73 Å². The van der Waals surface area contributed by atoms with E-state index in [2.05, 4.69) is 9.97 Å². The second-order valence-electron chi connectivity index (χ2n) is 3.20. The lowest BCUT2D eigenvalue weighted by Crippen LogP contribution is -1.98. The molecule has 4 heteroatoms. The number of rotatable bonds is 1. The van der Waals surface area contributed by atoms with E-state index >= 15 is 0 Å². The van der Waals surface area contributed by atoms with Crippen LogP contribution in [0.3, 0.4) is 0 Å². The minimum Gasteiger partial charge on any atom is -0.382 e. The van der Waals surface area contributed by atoms with Gasteiger partial charge in [0, 0.05) is 18.0 Å². The van der Waals surface area contributed by atoms with E-state index in [-0.39, 0.29) is 5.82 Å². The van der Waals surface area contributed by atoms with Crippen molar-refractivity contribution < 1.29 is 4.39 Å². The van der Waals surface area contributed by atoms with Crippen LogP contribution in [-0.2, 0) is 0 Å². The topological polar surface area (TPSA) is 51.8 Å². The highest BCUT2D eigenvalue weighted by atomic mass is 19.1. The molecule has 1 heterocycles. The Kier molecular flexibility index (Phi) is 2.33. The number of nitrogen functional groups attached to an aromatic ring is 1. The summed E-state index contributed by atoms with van der Waals surface area (Å²) < 4.78 is 13.3. The van der Waals surface area contributed by atoms with Gasteiger partial charge in [-0.1, -0.05) is 12.1 Å². The predicted octanol–water partition coefficient (Wildman–Crippen LogP) is 2.17. The van der Waals surface area contributed by atoms with E-state index < -0.39 is 0 Å². The van der Waals surface area contributed by atoms with Crippen molar-refractivity contribution in [2.45, 2.75) is 6.92 Å². The van der Waals surface area contributed by atoms with Gasteiger partial charge in [-0.05, 0) is 18.6 Å². The zero-order valence-electron chi connectivity index (χ0n) is 8.24. The van der Waals surface area contributed by atoms with E-state index in [1.165, 1.54) is 18.5 Å². The monoisotopic (exact) mass is 203 g/mol. The standard InChI is InChI=1S/C11H10FN3/c1-7-8(3-2-4-9(7)12)10-11(13)15-6-5-14-10/h2-6H,1H3,(H2,13,15). The van der Waals surface area contributed by atoms with Crippen LogP contribution in [0.15, 0.2) is 30.6 Å². The van der Waals surface area contributed by atoms with Crippen LogP contribution < -0.4 is 5.73 Å². The molecule has 0 fully saturated rings. The number of nitrogens with zero attached hydrogens (tertiary/aromatic N) is 2. The quantitative estimate of drug-likeness (QED) is 0.772. The van der Waals surface area contributed by atoms with E-state index in [1.54, 1.807) is 19.1 Å². The molecule has 0 radical (unpaired) electrons. The fraction of sp³-hybridized carbons (Fsp3) is 0.0909. The van der Waals surface area contributed by atoms with Crippen LogP contribution in [0.1, 0.15) is 5.56 Å². The van der Waals surface area contributed by atoms with E-state index in [0.29, 0.717) is 22.6 Å². The molecule has 0 saturated heterocycles. The molecular formula is C11H10FN3. The fourth-order valence-electron chi connectivity index (χ4n) is 1.42. The SMILES string of the molecule is Cc1c(F)cccc1-c1nccnc1N. The van der Waals surface area contributed by atoms with Crippen molar-refractivity contribution in [2.24, 2.45) is 0 Å². The highest BCUT2D eigenvalue weighted by molar-refractivity contribution is 5.72. The third-order valence-corrected chi connectivity index (χ3v) is 2.25. The van der Waals surface area contributed by atoms with Crippen LogP contribution in [0.25, 0.3) is 11.3 Å². The fourth-order valence-corrected chi connectivity index (χ4v) is 1.42. The average molecular weight is 203 g/mol. The molecule has 15 heavy (non-hydrogen) atoms. The van der Waals surface area contributed by atoms with E-state index in [0.717, 1.165) is 0 Å². The van der Waals surface area contributed by atoms with Crippen LogP contribution in [0.5, 0.6) is 0 Å². The van der Waals surface area contributed by atoms with Crippen LogP contribution in [-0.4, -0.2) is 9.97 Å². The normalized spacial score (nSPS) is 10.3. The maximum Gasteiger partial charge on any atom is 0.149 e. The first kappa shape index (κ1) is 9.58. The lowest BCUT2D eigenvalue weighted by Gasteiger charge is -2.07. The maximum atomic E-state index is 13.3. The van der Waals surface area contributed by atoms with Crippen molar-refractivity contribution >= 4 is 5.82 Å². The summed E-state index contributed by atoms with van der Waals surface area (Å²) >= 11 is 0. The summed E-state index contributed by atoms with van der Waals surface area (Å²) in [6.07, 6.45) is 3.05. The lowest BCUT2D eigenvalue weighted by atomic mass is 10.1. The van der Waals surface area contributed by atoms with E-state index in [1.807, 2.05) is 0 Å². The van der Waals surface area contributed by atoms with Crippen molar-refractivity contribution in [1.82, 2.24) is 9.97 Å². The number of halogens is 1. The number of hydrogen-bond donors (Lipinski definition) is 1. The number of anilines is 1. The third-order valence-electron chi connectivity index (χ3n) is 2.25. The van der Waals surface area contributed by atoms with Crippen LogP contribution >= 0.6 is 0 Å². The first-order valence-electron chi connectivity index (χ1n) is 4.52. The van der Waals surface area contributed by atoms with Gasteiger partial charge in [0.2, 0.25) is 0 Å². The molecule has 0 aliphatic heterocycles. The molecule has 0 amide bonds. The Morgan fingerprint density at radius 1 is 1.20 bits per heavy atom. The zero-order valence-corrected chi connectivity index (χ0v) is 8.24. The molecule has 3 nitrogen and oxygen atoms in total. The highest BCUT2D eigenvalue weighted by Gasteiger charge is 2.09. The molecular weight excluding hydrogens is 193 g/mol. The van der Waals surface area contributed by atoms with Gasteiger partial charge in [-0.2, -0.15) is 0 Å². The minimum absolute atomic E-state index is 0.266. The Morgan fingerprint density at radius 2 is 1.93 bits per heavy atom. The van der Waals surface area contributed by atoms with Gasteiger partial charge in [0.15, 0.2) is 0 Å². The average Bonchev–Trinajstić information content (AvgIpc) is 2.23. The van der Waals surface area contributed by atoms with Crippen molar-refractivity contribution in [1.29, 1.82) is 0 Å².